The van der Waals surface area contributed by atoms with Crippen LogP contribution in [0.2, 0.25) is 10.0 Å². The van der Waals surface area contributed by atoms with Gasteiger partial charge in [0.05, 0.1) is 15.6 Å². The second kappa shape index (κ2) is 4.79. The summed E-state index contributed by atoms with van der Waals surface area (Å²) in [6.45, 7) is 4.26. The second-order valence-corrected chi connectivity index (χ2v) is 6.10. The van der Waals surface area contributed by atoms with Crippen molar-refractivity contribution in [2.24, 2.45) is 11.8 Å². The Morgan fingerprint density at radius 3 is 2.65 bits per heavy atom. The molecule has 1 aliphatic rings. The summed E-state index contributed by atoms with van der Waals surface area (Å²) in [7, 11) is 0. The summed E-state index contributed by atoms with van der Waals surface area (Å²) in [5.41, 5.74) is -0.0506. The van der Waals surface area contributed by atoms with Crippen molar-refractivity contribution >= 4 is 23.2 Å². The molecule has 2 rings (SSSR count). The maximum Gasteiger partial charge on any atom is 0.0939 e. The van der Waals surface area contributed by atoms with Crippen LogP contribution in [0.25, 0.3) is 0 Å². The first-order chi connectivity index (χ1) is 7.95. The summed E-state index contributed by atoms with van der Waals surface area (Å²) in [6, 6.07) is 5.50. The zero-order chi connectivity index (χ0) is 12.6. The van der Waals surface area contributed by atoms with Crippen molar-refractivity contribution in [2.75, 3.05) is 0 Å². The fourth-order valence-electron chi connectivity index (χ4n) is 2.82. The predicted octanol–water partition coefficient (Wildman–Crippen LogP) is 4.64. The highest BCUT2D eigenvalue weighted by atomic mass is 35.5. The van der Waals surface area contributed by atoms with Crippen LogP contribution in [0.3, 0.4) is 0 Å². The molecule has 0 spiro atoms. The van der Waals surface area contributed by atoms with Crippen molar-refractivity contribution < 1.29 is 5.11 Å². The molecule has 94 valence electrons. The number of rotatable bonds is 1. The molecule has 0 bridgehead atoms. The van der Waals surface area contributed by atoms with E-state index in [-0.39, 0.29) is 5.92 Å². The van der Waals surface area contributed by atoms with Crippen LogP contribution >= 0.6 is 23.2 Å². The first-order valence-electron chi connectivity index (χ1n) is 6.12. The summed E-state index contributed by atoms with van der Waals surface area (Å²) in [6.07, 6.45) is 2.95. The lowest BCUT2D eigenvalue weighted by Gasteiger charge is -2.42. The van der Waals surface area contributed by atoms with Crippen LogP contribution in [0.1, 0.15) is 38.7 Å². The third-order valence-electron chi connectivity index (χ3n) is 3.99. The Balaban J connectivity index is 2.45. The van der Waals surface area contributed by atoms with Crippen LogP contribution in [0.4, 0.5) is 0 Å². The fraction of sp³-hybridized carbons (Fsp3) is 0.571. The van der Waals surface area contributed by atoms with E-state index in [1.165, 1.54) is 6.42 Å². The molecule has 0 aromatic heterocycles. The van der Waals surface area contributed by atoms with Crippen LogP contribution in [0, 0.1) is 11.8 Å². The van der Waals surface area contributed by atoms with Gasteiger partial charge in [0.1, 0.15) is 0 Å². The third kappa shape index (κ3) is 2.33. The number of aliphatic hydroxyl groups is 1. The standard InChI is InChI=1S/C14H18Cl2O/c1-9-6-7-10(2)14(17,8-9)11-4-3-5-12(15)13(11)16/h3-5,9-10,17H,6-8H2,1-2H3. The van der Waals surface area contributed by atoms with Gasteiger partial charge in [-0.2, -0.15) is 0 Å². The molecule has 17 heavy (non-hydrogen) atoms. The van der Waals surface area contributed by atoms with Crippen molar-refractivity contribution in [1.29, 1.82) is 0 Å². The zero-order valence-electron chi connectivity index (χ0n) is 10.2. The molecule has 3 heteroatoms. The Labute approximate surface area is 113 Å². The molecule has 0 heterocycles. The summed E-state index contributed by atoms with van der Waals surface area (Å²) in [5, 5.41) is 12.0. The highest BCUT2D eigenvalue weighted by Crippen LogP contribution is 2.47. The lowest BCUT2D eigenvalue weighted by Crippen LogP contribution is -2.39. The van der Waals surface area contributed by atoms with Gasteiger partial charge < -0.3 is 5.11 Å². The van der Waals surface area contributed by atoms with E-state index in [9.17, 15) is 5.11 Å². The third-order valence-corrected chi connectivity index (χ3v) is 4.80. The van der Waals surface area contributed by atoms with Crippen molar-refractivity contribution in [3.05, 3.63) is 33.8 Å². The highest BCUT2D eigenvalue weighted by molar-refractivity contribution is 6.42. The average Bonchev–Trinajstić information content (AvgIpc) is 2.28. The number of halogens is 2. The minimum atomic E-state index is -0.834. The van der Waals surface area contributed by atoms with E-state index in [4.69, 9.17) is 23.2 Å². The number of benzene rings is 1. The molecule has 1 fully saturated rings. The smallest absolute Gasteiger partial charge is 0.0939 e. The normalized spacial score (nSPS) is 33.7. The van der Waals surface area contributed by atoms with E-state index in [0.29, 0.717) is 16.0 Å². The van der Waals surface area contributed by atoms with Gasteiger partial charge in [0, 0.05) is 5.56 Å². The molecular formula is C14H18Cl2O. The lowest BCUT2D eigenvalue weighted by atomic mass is 9.69. The maximum absolute atomic E-state index is 10.9. The molecule has 3 atom stereocenters. The monoisotopic (exact) mass is 272 g/mol. The Morgan fingerprint density at radius 1 is 1.24 bits per heavy atom. The van der Waals surface area contributed by atoms with Gasteiger partial charge in [-0.15, -0.1) is 0 Å². The molecule has 0 aliphatic heterocycles. The molecular weight excluding hydrogens is 255 g/mol. The van der Waals surface area contributed by atoms with E-state index in [1.807, 2.05) is 12.1 Å². The molecule has 0 radical (unpaired) electrons. The minimum Gasteiger partial charge on any atom is -0.385 e. The van der Waals surface area contributed by atoms with E-state index in [1.54, 1.807) is 6.07 Å². The quantitative estimate of drug-likeness (QED) is 0.790. The fourth-order valence-corrected chi connectivity index (χ4v) is 3.29. The SMILES string of the molecule is CC1CCC(C)C(O)(c2cccc(Cl)c2Cl)C1. The molecule has 1 aliphatic carbocycles. The molecule has 1 saturated carbocycles. The summed E-state index contributed by atoms with van der Waals surface area (Å²) in [5.74, 6) is 0.737. The van der Waals surface area contributed by atoms with Gasteiger partial charge in [-0.3, -0.25) is 0 Å². The summed E-state index contributed by atoms with van der Waals surface area (Å²) < 4.78 is 0. The Hall–Kier alpha value is -0.240. The van der Waals surface area contributed by atoms with E-state index < -0.39 is 5.60 Å². The van der Waals surface area contributed by atoms with E-state index in [0.717, 1.165) is 18.4 Å². The molecule has 1 aromatic rings. The zero-order valence-corrected chi connectivity index (χ0v) is 11.7. The summed E-state index contributed by atoms with van der Waals surface area (Å²) in [4.78, 5) is 0. The second-order valence-electron chi connectivity index (χ2n) is 5.31. The average molecular weight is 273 g/mol. The summed E-state index contributed by atoms with van der Waals surface area (Å²) >= 11 is 12.3. The lowest BCUT2D eigenvalue weighted by molar-refractivity contribution is -0.0626. The molecule has 1 nitrogen and oxygen atoms in total. The first-order valence-corrected chi connectivity index (χ1v) is 6.87. The van der Waals surface area contributed by atoms with Gasteiger partial charge in [-0.05, 0) is 30.7 Å². The van der Waals surface area contributed by atoms with E-state index >= 15 is 0 Å². The molecule has 0 amide bonds. The van der Waals surface area contributed by atoms with E-state index in [2.05, 4.69) is 13.8 Å². The van der Waals surface area contributed by atoms with Crippen LogP contribution in [0.15, 0.2) is 18.2 Å². The Kier molecular flexibility index (Phi) is 3.72. The first kappa shape index (κ1) is 13.2. The van der Waals surface area contributed by atoms with Crippen molar-refractivity contribution in [3.63, 3.8) is 0 Å². The topological polar surface area (TPSA) is 20.2 Å². The van der Waals surface area contributed by atoms with Crippen molar-refractivity contribution in [1.82, 2.24) is 0 Å². The molecule has 1 aromatic carbocycles. The van der Waals surface area contributed by atoms with Crippen LogP contribution < -0.4 is 0 Å². The Morgan fingerprint density at radius 2 is 1.94 bits per heavy atom. The van der Waals surface area contributed by atoms with Crippen molar-refractivity contribution in [3.8, 4) is 0 Å². The molecule has 3 unspecified atom stereocenters. The van der Waals surface area contributed by atoms with Crippen LogP contribution in [0.5, 0.6) is 0 Å². The van der Waals surface area contributed by atoms with Gasteiger partial charge in [0.2, 0.25) is 0 Å². The number of hydrogen-bond donors (Lipinski definition) is 1. The van der Waals surface area contributed by atoms with Crippen molar-refractivity contribution in [2.45, 2.75) is 38.7 Å². The van der Waals surface area contributed by atoms with Gasteiger partial charge >= 0.3 is 0 Å². The maximum atomic E-state index is 10.9. The molecule has 0 saturated heterocycles. The molecule has 1 N–H and O–H groups in total. The number of hydrogen-bond acceptors (Lipinski definition) is 1. The Bertz CT molecular complexity index is 419. The van der Waals surface area contributed by atoms with Gasteiger partial charge in [0.25, 0.3) is 0 Å². The highest BCUT2D eigenvalue weighted by Gasteiger charge is 2.41. The van der Waals surface area contributed by atoms with Gasteiger partial charge in [-0.1, -0.05) is 55.6 Å². The van der Waals surface area contributed by atoms with Gasteiger partial charge in [0.15, 0.2) is 0 Å². The predicted molar refractivity (Wildman–Crippen MR) is 72.5 cm³/mol. The van der Waals surface area contributed by atoms with Crippen LogP contribution in [-0.2, 0) is 5.60 Å². The van der Waals surface area contributed by atoms with Gasteiger partial charge in [-0.25, -0.2) is 0 Å². The van der Waals surface area contributed by atoms with Crippen LogP contribution in [-0.4, -0.2) is 5.11 Å². The largest absolute Gasteiger partial charge is 0.385 e. The minimum absolute atomic E-state index is 0.217.